The molecule has 0 aliphatic heterocycles. The summed E-state index contributed by atoms with van der Waals surface area (Å²) in [5.41, 5.74) is 11.9. The van der Waals surface area contributed by atoms with E-state index in [0.29, 0.717) is 0 Å². The van der Waals surface area contributed by atoms with Crippen LogP contribution >= 0.6 is 0 Å². The zero-order valence-electron chi connectivity index (χ0n) is 24.9. The molecule has 4 aromatic carbocycles. The van der Waals surface area contributed by atoms with E-state index in [9.17, 15) is 0 Å². The average molecular weight is 735 g/mol. The molecule has 0 fully saturated rings. The van der Waals surface area contributed by atoms with Gasteiger partial charge >= 0.3 is 0 Å². The van der Waals surface area contributed by atoms with E-state index in [0.717, 1.165) is 28.1 Å². The smallest absolute Gasteiger partial charge is 0.0239 e. The Morgan fingerprint density at radius 3 is 1.86 bits per heavy atom. The summed E-state index contributed by atoms with van der Waals surface area (Å²) in [6.07, 6.45) is 3.77. The molecule has 2 nitrogen and oxygen atoms in total. The fourth-order valence-corrected chi connectivity index (χ4v) is 6.14. The van der Waals surface area contributed by atoms with Gasteiger partial charge in [0.25, 0.3) is 0 Å². The van der Waals surface area contributed by atoms with Gasteiger partial charge in [0, 0.05) is 32.5 Å². The van der Waals surface area contributed by atoms with Crippen LogP contribution < -0.4 is 0 Å². The van der Waals surface area contributed by atoms with Gasteiger partial charge in [-0.05, 0) is 50.5 Å². The summed E-state index contributed by atoms with van der Waals surface area (Å²) in [6, 6.07) is 48.2. The monoisotopic (exact) mass is 735 g/mol. The van der Waals surface area contributed by atoms with Crippen LogP contribution in [0.15, 0.2) is 134 Å². The van der Waals surface area contributed by atoms with E-state index < -0.39 is 0 Å². The van der Waals surface area contributed by atoms with Gasteiger partial charge in [0.15, 0.2) is 0 Å². The summed E-state index contributed by atoms with van der Waals surface area (Å²) in [7, 11) is 0. The third kappa shape index (κ3) is 5.89. The van der Waals surface area contributed by atoms with Crippen molar-refractivity contribution in [3.8, 4) is 33.6 Å². The van der Waals surface area contributed by atoms with Crippen LogP contribution in [-0.2, 0) is 30.9 Å². The number of rotatable bonds is 3. The minimum atomic E-state index is -0.0773. The van der Waals surface area contributed by atoms with Crippen LogP contribution in [0, 0.1) is 12.1 Å². The van der Waals surface area contributed by atoms with E-state index in [1.807, 2.05) is 73.1 Å². The zero-order chi connectivity index (χ0) is 29.2. The Morgan fingerprint density at radius 1 is 0.512 bits per heavy atom. The minimum Gasteiger partial charge on any atom is -0.305 e. The van der Waals surface area contributed by atoms with E-state index in [1.54, 1.807) is 0 Å². The molecule has 0 amide bonds. The maximum absolute atomic E-state index is 4.60. The van der Waals surface area contributed by atoms with Crippen molar-refractivity contribution < 1.29 is 20.1 Å². The Bertz CT molecular complexity index is 1740. The average Bonchev–Trinajstić information content (AvgIpc) is 3.05. The Kier molecular flexibility index (Phi) is 8.87. The van der Waals surface area contributed by atoms with Crippen molar-refractivity contribution >= 4 is 0 Å². The minimum absolute atomic E-state index is 0. The molecule has 1 aliphatic carbocycles. The maximum atomic E-state index is 4.60. The van der Waals surface area contributed by atoms with E-state index >= 15 is 0 Å². The van der Waals surface area contributed by atoms with Crippen molar-refractivity contribution in [1.82, 2.24) is 9.97 Å². The van der Waals surface area contributed by atoms with Crippen molar-refractivity contribution in [1.29, 1.82) is 0 Å². The first-order valence-electron chi connectivity index (χ1n) is 14.4. The fourth-order valence-electron chi connectivity index (χ4n) is 6.14. The molecule has 0 saturated carbocycles. The summed E-state index contributed by atoms with van der Waals surface area (Å²) < 4.78 is 0. The number of benzene rings is 4. The number of nitrogens with zero attached hydrogens (tertiary/aromatic N) is 2. The molecule has 2 heterocycles. The quantitative estimate of drug-likeness (QED) is 0.169. The zero-order valence-corrected chi connectivity index (χ0v) is 27.3. The standard InChI is InChI=1S/C23H22N.C17H12N.Ir/c1-22(2)17-11-5-6-12-18(17)23(3,4)21-16(10-9-13-19(21)22)20-14-7-8-15-24-20;1-3-7-14(8-4-1)16-11-12-17(18-13-16)15-9-5-2-6-10-15;/h5-9,11-15H,1-4H3;1-9,11-13H;/q2*-1;. The predicted octanol–water partition coefficient (Wildman–Crippen LogP) is 9.73. The third-order valence-electron chi connectivity index (χ3n) is 8.35. The number of hydrogen-bond acceptors (Lipinski definition) is 2. The largest absolute Gasteiger partial charge is 0.305 e. The number of pyridine rings is 2. The number of hydrogen-bond donors (Lipinski definition) is 0. The van der Waals surface area contributed by atoms with E-state index in [-0.39, 0.29) is 30.9 Å². The molecule has 43 heavy (non-hydrogen) atoms. The molecule has 0 bridgehead atoms. The molecule has 1 aliphatic rings. The van der Waals surface area contributed by atoms with Gasteiger partial charge in [-0.25, -0.2) is 0 Å². The Balaban J connectivity index is 0.000000174. The second kappa shape index (κ2) is 12.6. The predicted molar refractivity (Wildman–Crippen MR) is 173 cm³/mol. The van der Waals surface area contributed by atoms with E-state index in [4.69, 9.17) is 0 Å². The van der Waals surface area contributed by atoms with Gasteiger partial charge in [-0.15, -0.1) is 70.8 Å². The van der Waals surface area contributed by atoms with Gasteiger partial charge < -0.3 is 9.97 Å². The van der Waals surface area contributed by atoms with Gasteiger partial charge in [0.05, 0.1) is 0 Å². The van der Waals surface area contributed by atoms with Gasteiger partial charge in [0.2, 0.25) is 0 Å². The van der Waals surface area contributed by atoms with Gasteiger partial charge in [0.1, 0.15) is 0 Å². The number of fused-ring (bicyclic) bond motifs is 2. The molecule has 215 valence electrons. The van der Waals surface area contributed by atoms with Crippen LogP contribution in [0.5, 0.6) is 0 Å². The summed E-state index contributed by atoms with van der Waals surface area (Å²) in [6.45, 7) is 9.28. The first-order chi connectivity index (χ1) is 20.4. The Hall–Kier alpha value is -4.17. The van der Waals surface area contributed by atoms with Crippen LogP contribution in [0.1, 0.15) is 49.9 Å². The van der Waals surface area contributed by atoms with Crippen molar-refractivity contribution in [3.05, 3.63) is 168 Å². The molecule has 7 rings (SSSR count). The topological polar surface area (TPSA) is 25.8 Å². The van der Waals surface area contributed by atoms with Crippen LogP contribution in [0.2, 0.25) is 0 Å². The molecular weight excluding hydrogens is 701 g/mol. The molecule has 0 spiro atoms. The second-order valence-electron chi connectivity index (χ2n) is 11.7. The molecule has 6 aromatic rings. The normalized spacial score (nSPS) is 13.8. The van der Waals surface area contributed by atoms with Gasteiger partial charge in [-0.1, -0.05) is 107 Å². The molecule has 0 saturated heterocycles. The summed E-state index contributed by atoms with van der Waals surface area (Å²) in [5, 5.41) is 0. The van der Waals surface area contributed by atoms with Crippen molar-refractivity contribution in [3.63, 3.8) is 0 Å². The third-order valence-corrected chi connectivity index (χ3v) is 8.35. The molecule has 2 aromatic heterocycles. The Morgan fingerprint density at radius 2 is 1.21 bits per heavy atom. The van der Waals surface area contributed by atoms with Gasteiger partial charge in [-0.2, -0.15) is 0 Å². The SMILES string of the molecule is CC1(C)c2ccccc2C(C)(C)c2c(-c3ccccn3)[c-]ccc21.[Ir].[c-]1ccccc1-c1ccc(-c2ccccc2)cn1. The van der Waals surface area contributed by atoms with Crippen molar-refractivity contribution in [2.24, 2.45) is 0 Å². The van der Waals surface area contributed by atoms with E-state index in [1.165, 1.54) is 27.8 Å². The molecule has 0 atom stereocenters. The molecule has 0 unspecified atom stereocenters. The summed E-state index contributed by atoms with van der Waals surface area (Å²) in [4.78, 5) is 9.09. The van der Waals surface area contributed by atoms with E-state index in [2.05, 4.69) is 110 Å². The second-order valence-corrected chi connectivity index (χ2v) is 11.7. The summed E-state index contributed by atoms with van der Waals surface area (Å²) >= 11 is 0. The first-order valence-corrected chi connectivity index (χ1v) is 14.4. The first kappa shape index (κ1) is 30.3. The van der Waals surface area contributed by atoms with Crippen LogP contribution in [0.25, 0.3) is 33.6 Å². The molecule has 3 heteroatoms. The number of aromatic nitrogens is 2. The molecule has 0 N–H and O–H groups in total. The molecular formula is C40H34IrN2-2. The van der Waals surface area contributed by atoms with Crippen molar-refractivity contribution in [2.45, 2.75) is 38.5 Å². The van der Waals surface area contributed by atoms with Crippen molar-refractivity contribution in [2.75, 3.05) is 0 Å². The van der Waals surface area contributed by atoms with Crippen LogP contribution in [-0.4, -0.2) is 9.97 Å². The van der Waals surface area contributed by atoms with Crippen LogP contribution in [0.3, 0.4) is 0 Å². The fraction of sp³-hybridized carbons (Fsp3) is 0.150. The Labute approximate surface area is 269 Å². The molecule has 1 radical (unpaired) electrons. The van der Waals surface area contributed by atoms with Gasteiger partial charge in [-0.3, -0.25) is 0 Å². The summed E-state index contributed by atoms with van der Waals surface area (Å²) in [5.74, 6) is 0. The van der Waals surface area contributed by atoms with Crippen LogP contribution in [0.4, 0.5) is 0 Å². The maximum Gasteiger partial charge on any atom is 0.0239 e.